The normalized spacial score (nSPS) is 18.7. The number of pyridine rings is 2. The lowest BCUT2D eigenvalue weighted by Crippen LogP contribution is -2.30. The summed E-state index contributed by atoms with van der Waals surface area (Å²) in [5, 5.41) is 0.00208. The third kappa shape index (κ3) is 3.52. The molecule has 5 rings (SSSR count). The van der Waals surface area contributed by atoms with Gasteiger partial charge >= 0.3 is 5.97 Å². The Bertz CT molecular complexity index is 1300. The molecule has 8 nitrogen and oxygen atoms in total. The van der Waals surface area contributed by atoms with E-state index in [1.54, 1.807) is 42.9 Å². The maximum absolute atomic E-state index is 15.2. The largest absolute Gasteiger partial charge is 0.497 e. The lowest BCUT2D eigenvalue weighted by Gasteiger charge is -2.20. The van der Waals surface area contributed by atoms with Crippen molar-refractivity contribution in [2.75, 3.05) is 31.7 Å². The molecule has 2 aromatic heterocycles. The van der Waals surface area contributed by atoms with E-state index in [4.69, 9.17) is 15.2 Å². The molecule has 33 heavy (non-hydrogen) atoms. The van der Waals surface area contributed by atoms with Gasteiger partial charge in [-0.2, -0.15) is 0 Å². The van der Waals surface area contributed by atoms with E-state index >= 15 is 4.39 Å². The van der Waals surface area contributed by atoms with Crippen LogP contribution in [0.3, 0.4) is 0 Å². The third-order valence-electron chi connectivity index (χ3n) is 6.66. The molecule has 3 aromatic rings. The summed E-state index contributed by atoms with van der Waals surface area (Å²) in [6.07, 6.45) is 3.45. The molecule has 172 valence electrons. The van der Waals surface area contributed by atoms with Crippen molar-refractivity contribution < 1.29 is 18.7 Å². The van der Waals surface area contributed by atoms with Crippen LogP contribution in [0.25, 0.3) is 16.7 Å². The first-order chi connectivity index (χ1) is 15.9. The van der Waals surface area contributed by atoms with E-state index in [0.717, 1.165) is 18.9 Å². The van der Waals surface area contributed by atoms with E-state index in [1.165, 1.54) is 6.20 Å². The lowest BCUT2D eigenvalue weighted by molar-refractivity contribution is 0.0524. The van der Waals surface area contributed by atoms with Gasteiger partial charge < -0.3 is 24.7 Å². The molecular weight excluding hydrogens is 427 g/mol. The molecule has 0 radical (unpaired) electrons. The molecule has 0 bridgehead atoms. The maximum atomic E-state index is 15.2. The van der Waals surface area contributed by atoms with Gasteiger partial charge in [0.25, 0.3) is 0 Å². The zero-order chi connectivity index (χ0) is 23.3. The minimum atomic E-state index is -0.766. The molecule has 1 spiro atoms. The number of fused-ring (bicyclic) bond motifs is 1. The molecule has 0 amide bonds. The number of esters is 1. The van der Waals surface area contributed by atoms with Gasteiger partial charge in [0.15, 0.2) is 17.3 Å². The number of carbonyl (C=O) groups is 1. The quantitative estimate of drug-likeness (QED) is 0.594. The first-order valence-corrected chi connectivity index (χ1v) is 10.9. The number of anilines is 1. The van der Waals surface area contributed by atoms with Gasteiger partial charge in [0, 0.05) is 36.4 Å². The number of carbonyl (C=O) groups excluding carboxylic acids is 1. The fourth-order valence-electron chi connectivity index (χ4n) is 4.57. The standard InChI is InChI=1S/C24H25FN4O4/c1-3-33-23(31)17-11-29(14-4-6-15(32-2)7-5-14)21-16(20(17)30)10-18(25)22(27-21)28-12-19(26)24(13-28)8-9-24/h4-7,10-11,19H,3,8-9,12-13,26H2,1-2H3. The van der Waals surface area contributed by atoms with Crippen molar-refractivity contribution in [1.82, 2.24) is 9.55 Å². The number of methoxy groups -OCH3 is 1. The van der Waals surface area contributed by atoms with E-state index in [9.17, 15) is 9.59 Å². The van der Waals surface area contributed by atoms with Gasteiger partial charge in [-0.3, -0.25) is 4.79 Å². The summed E-state index contributed by atoms with van der Waals surface area (Å²) in [4.78, 5) is 32.0. The Kier molecular flexibility index (Phi) is 5.08. The maximum Gasteiger partial charge on any atom is 0.343 e. The predicted molar refractivity (Wildman–Crippen MR) is 122 cm³/mol. The highest BCUT2D eigenvalue weighted by Crippen LogP contribution is 2.52. The Morgan fingerprint density at radius 1 is 1.30 bits per heavy atom. The molecule has 2 aliphatic rings. The van der Waals surface area contributed by atoms with Crippen molar-refractivity contribution in [3.05, 3.63) is 58.1 Å². The number of nitrogens with two attached hydrogens (primary N) is 1. The summed E-state index contributed by atoms with van der Waals surface area (Å²) in [7, 11) is 1.56. The number of nitrogens with zero attached hydrogens (tertiary/aromatic N) is 3. The van der Waals surface area contributed by atoms with Crippen LogP contribution >= 0.6 is 0 Å². The van der Waals surface area contributed by atoms with E-state index in [2.05, 4.69) is 4.98 Å². The van der Waals surface area contributed by atoms with Crippen molar-refractivity contribution in [3.63, 3.8) is 0 Å². The number of benzene rings is 1. The second-order valence-electron chi connectivity index (χ2n) is 8.67. The SMILES string of the molecule is CCOC(=O)c1cn(-c2ccc(OC)cc2)c2nc(N3CC(N)C4(CC4)C3)c(F)cc2c1=O. The summed E-state index contributed by atoms with van der Waals surface area (Å²) in [5.74, 6) is -0.577. The monoisotopic (exact) mass is 452 g/mol. The molecule has 3 heterocycles. The van der Waals surface area contributed by atoms with Gasteiger partial charge in [0.1, 0.15) is 11.3 Å². The van der Waals surface area contributed by atoms with Crippen molar-refractivity contribution in [2.24, 2.45) is 11.1 Å². The van der Waals surface area contributed by atoms with Crippen LogP contribution in [0.2, 0.25) is 0 Å². The topological polar surface area (TPSA) is 99.7 Å². The third-order valence-corrected chi connectivity index (χ3v) is 6.66. The molecule has 2 fully saturated rings. The van der Waals surface area contributed by atoms with Crippen LogP contribution in [0.5, 0.6) is 5.75 Å². The highest BCUT2D eigenvalue weighted by Gasteiger charge is 2.54. The minimum absolute atomic E-state index is 0.00208. The van der Waals surface area contributed by atoms with E-state index < -0.39 is 17.2 Å². The molecule has 9 heteroatoms. The second kappa shape index (κ2) is 7.84. The first kappa shape index (κ1) is 21.4. The Balaban J connectivity index is 1.71. The van der Waals surface area contributed by atoms with Gasteiger partial charge in [-0.1, -0.05) is 0 Å². The van der Waals surface area contributed by atoms with E-state index in [0.29, 0.717) is 24.5 Å². The van der Waals surface area contributed by atoms with Gasteiger partial charge in [-0.05, 0) is 50.1 Å². The molecule has 1 aliphatic carbocycles. The summed E-state index contributed by atoms with van der Waals surface area (Å²) in [5.41, 5.74) is 6.42. The molecule has 2 N–H and O–H groups in total. The first-order valence-electron chi connectivity index (χ1n) is 10.9. The molecule has 1 saturated carbocycles. The molecule has 1 saturated heterocycles. The highest BCUT2D eigenvalue weighted by molar-refractivity contribution is 5.94. The number of aromatic nitrogens is 2. The number of rotatable bonds is 5. The van der Waals surface area contributed by atoms with E-state index in [1.807, 2.05) is 4.90 Å². The van der Waals surface area contributed by atoms with Crippen LogP contribution in [0.4, 0.5) is 10.2 Å². The molecule has 1 atom stereocenters. The zero-order valence-corrected chi connectivity index (χ0v) is 18.5. The molecule has 1 aromatic carbocycles. The number of halogens is 1. The van der Waals surface area contributed by atoms with E-state index in [-0.39, 0.29) is 40.5 Å². The Hall–Kier alpha value is -3.46. The van der Waals surface area contributed by atoms with Gasteiger partial charge in [0.05, 0.1) is 19.1 Å². The fraction of sp³-hybridized carbons (Fsp3) is 0.375. The van der Waals surface area contributed by atoms with Gasteiger partial charge in [-0.15, -0.1) is 0 Å². The average molecular weight is 452 g/mol. The summed E-state index contributed by atoms with van der Waals surface area (Å²) >= 11 is 0. The van der Waals surface area contributed by atoms with Gasteiger partial charge in [0.2, 0.25) is 5.43 Å². The summed E-state index contributed by atoms with van der Waals surface area (Å²) in [6.45, 7) is 2.91. The van der Waals surface area contributed by atoms with Crippen LogP contribution in [0.15, 0.2) is 41.3 Å². The number of hydrogen-bond acceptors (Lipinski definition) is 7. The molecule has 1 aliphatic heterocycles. The summed E-state index contributed by atoms with van der Waals surface area (Å²) in [6, 6.07) is 8.17. The van der Waals surface area contributed by atoms with Crippen LogP contribution < -0.4 is 20.8 Å². The molecular formula is C24H25FN4O4. The number of hydrogen-bond donors (Lipinski definition) is 1. The Labute approximate surface area is 189 Å². The van der Waals surface area contributed by atoms with Crippen molar-refractivity contribution in [2.45, 2.75) is 25.8 Å². The summed E-state index contributed by atoms with van der Waals surface area (Å²) < 4.78 is 27.1. The van der Waals surface area contributed by atoms with Crippen molar-refractivity contribution in [3.8, 4) is 11.4 Å². The molecule has 1 unspecified atom stereocenters. The minimum Gasteiger partial charge on any atom is -0.497 e. The Morgan fingerprint density at radius 2 is 2.03 bits per heavy atom. The van der Waals surface area contributed by atoms with Crippen LogP contribution in [-0.2, 0) is 4.74 Å². The average Bonchev–Trinajstić information content (AvgIpc) is 3.52. The predicted octanol–water partition coefficient (Wildman–Crippen LogP) is 2.64. The zero-order valence-electron chi connectivity index (χ0n) is 18.5. The second-order valence-corrected chi connectivity index (χ2v) is 8.67. The van der Waals surface area contributed by atoms with Crippen LogP contribution in [-0.4, -0.2) is 48.4 Å². The lowest BCUT2D eigenvalue weighted by atomic mass is 10.0. The van der Waals surface area contributed by atoms with Crippen LogP contribution in [0.1, 0.15) is 30.1 Å². The van der Waals surface area contributed by atoms with Crippen LogP contribution in [0, 0.1) is 11.2 Å². The fourth-order valence-corrected chi connectivity index (χ4v) is 4.57. The van der Waals surface area contributed by atoms with Crippen molar-refractivity contribution >= 4 is 22.8 Å². The highest BCUT2D eigenvalue weighted by atomic mass is 19.1. The Morgan fingerprint density at radius 3 is 2.64 bits per heavy atom. The number of ether oxygens (including phenoxy) is 2. The van der Waals surface area contributed by atoms with Crippen molar-refractivity contribution in [1.29, 1.82) is 0 Å². The van der Waals surface area contributed by atoms with Gasteiger partial charge in [-0.25, -0.2) is 14.2 Å². The smallest absolute Gasteiger partial charge is 0.343 e.